The molecule has 110 valence electrons. The molecule has 1 heterocycles. The number of amides is 2. The van der Waals surface area contributed by atoms with Crippen molar-refractivity contribution in [1.29, 1.82) is 0 Å². The fourth-order valence-corrected chi connectivity index (χ4v) is 1.75. The minimum absolute atomic E-state index is 0.0396. The fraction of sp³-hybridized carbons (Fsp3) is 0.200. The fourth-order valence-electron chi connectivity index (χ4n) is 1.75. The molecule has 6 heteroatoms. The Kier molecular flexibility index (Phi) is 5.11. The number of hydrogen-bond acceptors (Lipinski definition) is 4. The van der Waals surface area contributed by atoms with E-state index in [1.807, 2.05) is 37.3 Å². The van der Waals surface area contributed by atoms with Crippen LogP contribution >= 0.6 is 0 Å². The molecule has 1 atom stereocenters. The summed E-state index contributed by atoms with van der Waals surface area (Å²) in [5.41, 5.74) is 5.68. The topological polar surface area (TPSA) is 83.4 Å². The molecule has 2 rings (SSSR count). The van der Waals surface area contributed by atoms with Crippen molar-refractivity contribution >= 4 is 11.8 Å². The van der Waals surface area contributed by atoms with Gasteiger partial charge in [-0.1, -0.05) is 30.3 Å². The number of benzene rings is 1. The summed E-state index contributed by atoms with van der Waals surface area (Å²) in [6, 6.07) is 12.9. The summed E-state index contributed by atoms with van der Waals surface area (Å²) in [4.78, 5) is 23.2. The number of hydrazine groups is 1. The monoisotopic (exact) mass is 287 g/mol. The molecule has 2 amide bonds. The van der Waals surface area contributed by atoms with Gasteiger partial charge in [0, 0.05) is 6.04 Å². The van der Waals surface area contributed by atoms with E-state index in [1.165, 1.54) is 12.3 Å². The maximum atomic E-state index is 11.6. The highest BCUT2D eigenvalue weighted by Gasteiger charge is 2.10. The lowest BCUT2D eigenvalue weighted by Crippen LogP contribution is -2.45. The molecule has 6 nitrogen and oxygen atoms in total. The van der Waals surface area contributed by atoms with Crippen molar-refractivity contribution < 1.29 is 14.0 Å². The lowest BCUT2D eigenvalue weighted by molar-refractivity contribution is -0.121. The standard InChI is InChI=1S/C15H17N3O3/c1-11(12-6-3-2-4-7-12)16-10-14(19)17-18-15(20)13-8-5-9-21-13/h2-9,11,16H,10H2,1H3,(H,17,19)(H,18,20)/t11-/m0/s1. The molecule has 0 spiro atoms. The molecule has 0 aliphatic carbocycles. The van der Waals surface area contributed by atoms with Gasteiger partial charge in [0.15, 0.2) is 5.76 Å². The molecular formula is C15H17N3O3. The molecule has 0 aliphatic heterocycles. The van der Waals surface area contributed by atoms with E-state index in [2.05, 4.69) is 16.2 Å². The van der Waals surface area contributed by atoms with Crippen molar-refractivity contribution in [1.82, 2.24) is 16.2 Å². The quantitative estimate of drug-likeness (QED) is 0.726. The highest BCUT2D eigenvalue weighted by atomic mass is 16.3. The first-order valence-electron chi connectivity index (χ1n) is 6.58. The van der Waals surface area contributed by atoms with Gasteiger partial charge in [-0.25, -0.2) is 0 Å². The van der Waals surface area contributed by atoms with Crippen LogP contribution < -0.4 is 16.2 Å². The van der Waals surface area contributed by atoms with Crippen molar-refractivity contribution in [2.45, 2.75) is 13.0 Å². The number of furan rings is 1. The SMILES string of the molecule is C[C@H](NCC(=O)NNC(=O)c1ccco1)c1ccccc1. The van der Waals surface area contributed by atoms with Crippen LogP contribution in [-0.2, 0) is 4.79 Å². The number of rotatable bonds is 5. The van der Waals surface area contributed by atoms with Crippen LogP contribution in [0, 0.1) is 0 Å². The van der Waals surface area contributed by atoms with Crippen molar-refractivity contribution in [2.24, 2.45) is 0 Å². The Bertz CT molecular complexity index is 581. The predicted molar refractivity (Wildman–Crippen MR) is 77.2 cm³/mol. The van der Waals surface area contributed by atoms with Gasteiger partial charge in [0.05, 0.1) is 12.8 Å². The van der Waals surface area contributed by atoms with E-state index in [4.69, 9.17) is 4.42 Å². The molecule has 0 fully saturated rings. The summed E-state index contributed by atoms with van der Waals surface area (Å²) < 4.78 is 4.90. The lowest BCUT2D eigenvalue weighted by atomic mass is 10.1. The number of nitrogens with one attached hydrogen (secondary N) is 3. The van der Waals surface area contributed by atoms with Crippen LogP contribution in [0.4, 0.5) is 0 Å². The van der Waals surface area contributed by atoms with Gasteiger partial charge < -0.3 is 9.73 Å². The maximum Gasteiger partial charge on any atom is 0.305 e. The molecule has 2 aromatic rings. The van der Waals surface area contributed by atoms with Crippen molar-refractivity contribution in [2.75, 3.05) is 6.54 Å². The summed E-state index contributed by atoms with van der Waals surface area (Å²) in [7, 11) is 0. The van der Waals surface area contributed by atoms with Gasteiger partial charge in [-0.05, 0) is 24.6 Å². The second-order valence-corrected chi connectivity index (χ2v) is 4.49. The number of hydrogen-bond donors (Lipinski definition) is 3. The average molecular weight is 287 g/mol. The Balaban J connectivity index is 1.71. The molecule has 1 aromatic carbocycles. The first-order chi connectivity index (χ1) is 10.2. The van der Waals surface area contributed by atoms with Gasteiger partial charge in [-0.15, -0.1) is 0 Å². The highest BCUT2D eigenvalue weighted by molar-refractivity contribution is 5.93. The van der Waals surface area contributed by atoms with E-state index in [9.17, 15) is 9.59 Å². The highest BCUT2D eigenvalue weighted by Crippen LogP contribution is 2.10. The first-order valence-corrected chi connectivity index (χ1v) is 6.58. The van der Waals surface area contributed by atoms with Crippen LogP contribution in [0.5, 0.6) is 0 Å². The summed E-state index contributed by atoms with van der Waals surface area (Å²) in [6.45, 7) is 2.05. The van der Waals surface area contributed by atoms with E-state index in [1.54, 1.807) is 6.07 Å². The van der Waals surface area contributed by atoms with Crippen LogP contribution in [0.2, 0.25) is 0 Å². The average Bonchev–Trinajstić information content (AvgIpc) is 3.05. The second-order valence-electron chi connectivity index (χ2n) is 4.49. The Morgan fingerprint density at radius 3 is 2.52 bits per heavy atom. The van der Waals surface area contributed by atoms with Crippen LogP contribution in [0.1, 0.15) is 29.1 Å². The Hall–Kier alpha value is -2.60. The Morgan fingerprint density at radius 1 is 1.10 bits per heavy atom. The van der Waals surface area contributed by atoms with Crippen LogP contribution in [0.15, 0.2) is 53.1 Å². The van der Waals surface area contributed by atoms with Crippen LogP contribution in [0.25, 0.3) is 0 Å². The van der Waals surface area contributed by atoms with Gasteiger partial charge in [-0.3, -0.25) is 20.4 Å². The summed E-state index contributed by atoms with van der Waals surface area (Å²) >= 11 is 0. The van der Waals surface area contributed by atoms with E-state index >= 15 is 0 Å². The lowest BCUT2D eigenvalue weighted by Gasteiger charge is -2.14. The minimum atomic E-state index is -0.496. The molecule has 0 radical (unpaired) electrons. The maximum absolute atomic E-state index is 11.6. The van der Waals surface area contributed by atoms with Gasteiger partial charge in [0.1, 0.15) is 0 Å². The van der Waals surface area contributed by atoms with E-state index in [-0.39, 0.29) is 24.3 Å². The summed E-state index contributed by atoms with van der Waals surface area (Å²) in [5.74, 6) is -0.692. The van der Waals surface area contributed by atoms with Gasteiger partial charge in [0.2, 0.25) is 0 Å². The van der Waals surface area contributed by atoms with Crippen LogP contribution in [-0.4, -0.2) is 18.4 Å². The zero-order valence-corrected chi connectivity index (χ0v) is 11.6. The number of carbonyl (C=O) groups is 2. The van der Waals surface area contributed by atoms with Gasteiger partial charge in [0.25, 0.3) is 5.91 Å². The first kappa shape index (κ1) is 14.8. The van der Waals surface area contributed by atoms with Gasteiger partial charge >= 0.3 is 5.91 Å². The van der Waals surface area contributed by atoms with Crippen LogP contribution in [0.3, 0.4) is 0 Å². The van der Waals surface area contributed by atoms with E-state index < -0.39 is 5.91 Å². The van der Waals surface area contributed by atoms with E-state index in [0.29, 0.717) is 0 Å². The molecule has 0 saturated carbocycles. The summed E-state index contributed by atoms with van der Waals surface area (Å²) in [6.07, 6.45) is 1.39. The Morgan fingerprint density at radius 2 is 1.86 bits per heavy atom. The smallest absolute Gasteiger partial charge is 0.305 e. The summed E-state index contributed by atoms with van der Waals surface area (Å²) in [5, 5.41) is 3.07. The molecule has 0 aliphatic rings. The third-order valence-electron chi connectivity index (χ3n) is 2.93. The molecule has 3 N–H and O–H groups in total. The molecule has 0 unspecified atom stereocenters. The van der Waals surface area contributed by atoms with Crippen molar-refractivity contribution in [3.05, 3.63) is 60.1 Å². The predicted octanol–water partition coefficient (Wildman–Crippen LogP) is 1.39. The molecule has 21 heavy (non-hydrogen) atoms. The molecular weight excluding hydrogens is 270 g/mol. The molecule has 0 saturated heterocycles. The van der Waals surface area contributed by atoms with E-state index in [0.717, 1.165) is 5.56 Å². The van der Waals surface area contributed by atoms with Crippen molar-refractivity contribution in [3.63, 3.8) is 0 Å². The zero-order valence-electron chi connectivity index (χ0n) is 11.6. The zero-order chi connectivity index (χ0) is 15.1. The van der Waals surface area contributed by atoms with Crippen molar-refractivity contribution in [3.8, 4) is 0 Å². The normalized spacial score (nSPS) is 11.7. The molecule has 1 aromatic heterocycles. The number of carbonyl (C=O) groups excluding carboxylic acids is 2. The Labute approximate surface area is 122 Å². The van der Waals surface area contributed by atoms with Gasteiger partial charge in [-0.2, -0.15) is 0 Å². The third kappa shape index (κ3) is 4.47. The minimum Gasteiger partial charge on any atom is -0.459 e. The molecule has 0 bridgehead atoms. The third-order valence-corrected chi connectivity index (χ3v) is 2.93. The largest absolute Gasteiger partial charge is 0.459 e. The second kappa shape index (κ2) is 7.25.